The Balaban J connectivity index is 1.97. The number of hydrogen-bond acceptors (Lipinski definition) is 4. The molecule has 8 heteroatoms. The van der Waals surface area contributed by atoms with Gasteiger partial charge >= 0.3 is 0 Å². The summed E-state index contributed by atoms with van der Waals surface area (Å²) in [5.41, 5.74) is 1.23. The number of hydrogen-bond donors (Lipinski definition) is 2. The lowest BCUT2D eigenvalue weighted by atomic mass is 10.1. The normalized spacial score (nSPS) is 12.2. The number of amides is 2. The van der Waals surface area contributed by atoms with Crippen molar-refractivity contribution in [2.75, 3.05) is 18.6 Å². The second-order valence-corrected chi connectivity index (χ2v) is 8.74. The number of sulfone groups is 1. The molecule has 0 saturated carbocycles. The van der Waals surface area contributed by atoms with Crippen LogP contribution in [-0.4, -0.2) is 44.8 Å². The molecule has 0 saturated heterocycles. The molecule has 2 aromatic carbocycles. The molecule has 0 fully saturated rings. The first-order valence-corrected chi connectivity index (χ1v) is 10.9. The molecule has 6 nitrogen and oxygen atoms in total. The molecule has 28 heavy (non-hydrogen) atoms. The monoisotopic (exact) mass is 406 g/mol. The fourth-order valence-corrected chi connectivity index (χ4v) is 3.20. The molecular formula is C20H23FN2O4S. The van der Waals surface area contributed by atoms with Gasteiger partial charge in [0, 0.05) is 18.4 Å². The third kappa shape index (κ3) is 7.48. The van der Waals surface area contributed by atoms with Crippen molar-refractivity contribution in [3.05, 3.63) is 71.5 Å². The fraction of sp³-hybridized carbons (Fsp3) is 0.300. The Kier molecular flexibility index (Phi) is 7.69. The summed E-state index contributed by atoms with van der Waals surface area (Å²) in [5.74, 6) is -1.47. The van der Waals surface area contributed by atoms with E-state index in [-0.39, 0.29) is 24.5 Å². The van der Waals surface area contributed by atoms with Gasteiger partial charge in [-0.1, -0.05) is 30.3 Å². The number of nitrogens with one attached hydrogen (secondary N) is 2. The van der Waals surface area contributed by atoms with E-state index < -0.39 is 27.7 Å². The van der Waals surface area contributed by atoms with Crippen LogP contribution in [0.15, 0.2) is 54.6 Å². The molecule has 0 bridgehead atoms. The number of carbonyl (C=O) groups is 2. The molecule has 0 aliphatic rings. The van der Waals surface area contributed by atoms with Crippen molar-refractivity contribution in [1.82, 2.24) is 10.6 Å². The molecule has 0 aromatic heterocycles. The highest BCUT2D eigenvalue weighted by Gasteiger charge is 2.22. The maximum Gasteiger partial charge on any atom is 0.251 e. The average molecular weight is 406 g/mol. The summed E-state index contributed by atoms with van der Waals surface area (Å²) in [6.07, 6.45) is 1.53. The van der Waals surface area contributed by atoms with Crippen LogP contribution in [0.2, 0.25) is 0 Å². The van der Waals surface area contributed by atoms with E-state index in [0.29, 0.717) is 12.0 Å². The van der Waals surface area contributed by atoms with Gasteiger partial charge in [-0.15, -0.1) is 0 Å². The van der Waals surface area contributed by atoms with E-state index >= 15 is 0 Å². The average Bonchev–Trinajstić information content (AvgIpc) is 2.66. The van der Waals surface area contributed by atoms with E-state index in [0.717, 1.165) is 11.8 Å². The Morgan fingerprint density at radius 1 is 1.04 bits per heavy atom. The van der Waals surface area contributed by atoms with Gasteiger partial charge in [-0.05, 0) is 42.7 Å². The van der Waals surface area contributed by atoms with Gasteiger partial charge < -0.3 is 10.6 Å². The molecule has 150 valence electrons. The molecule has 0 unspecified atom stereocenters. The molecule has 2 amide bonds. The first kappa shape index (κ1) is 21.6. The second-order valence-electron chi connectivity index (χ2n) is 6.48. The highest BCUT2D eigenvalue weighted by Crippen LogP contribution is 2.05. The van der Waals surface area contributed by atoms with E-state index in [2.05, 4.69) is 10.6 Å². The zero-order chi connectivity index (χ0) is 20.6. The van der Waals surface area contributed by atoms with E-state index in [9.17, 15) is 22.4 Å². The Morgan fingerprint density at radius 3 is 2.29 bits per heavy atom. The number of benzene rings is 2. The molecule has 0 aliphatic heterocycles. The van der Waals surface area contributed by atoms with Crippen molar-refractivity contribution in [2.24, 2.45) is 0 Å². The summed E-state index contributed by atoms with van der Waals surface area (Å²) in [4.78, 5) is 24.8. The molecule has 0 heterocycles. The summed E-state index contributed by atoms with van der Waals surface area (Å²) in [5, 5.41) is 5.29. The molecule has 0 radical (unpaired) electrons. The quantitative estimate of drug-likeness (QED) is 0.663. The number of rotatable bonds is 9. The molecule has 1 atom stereocenters. The van der Waals surface area contributed by atoms with Gasteiger partial charge in [0.2, 0.25) is 5.91 Å². The maximum absolute atomic E-state index is 12.9. The summed E-state index contributed by atoms with van der Waals surface area (Å²) < 4.78 is 35.9. The molecule has 2 rings (SSSR count). The fourth-order valence-electron chi connectivity index (χ4n) is 2.54. The molecule has 2 N–H and O–H groups in total. The van der Waals surface area contributed by atoms with Gasteiger partial charge in [-0.2, -0.15) is 0 Å². The van der Waals surface area contributed by atoms with Crippen LogP contribution in [0, 0.1) is 5.82 Å². The van der Waals surface area contributed by atoms with Crippen LogP contribution < -0.4 is 10.6 Å². The third-order valence-corrected chi connectivity index (χ3v) is 5.04. The smallest absolute Gasteiger partial charge is 0.251 e. The van der Waals surface area contributed by atoms with Crippen LogP contribution in [0.4, 0.5) is 4.39 Å². The highest BCUT2D eigenvalue weighted by atomic mass is 32.2. The Morgan fingerprint density at radius 2 is 1.68 bits per heavy atom. The van der Waals surface area contributed by atoms with Crippen LogP contribution >= 0.6 is 0 Å². The lowest BCUT2D eigenvalue weighted by Crippen LogP contribution is -2.48. The number of carbonyl (C=O) groups excluding carboxylic acids is 2. The van der Waals surface area contributed by atoms with E-state index in [1.54, 1.807) is 42.5 Å². The summed E-state index contributed by atoms with van der Waals surface area (Å²) in [6, 6.07) is 13.3. The van der Waals surface area contributed by atoms with Crippen molar-refractivity contribution in [3.63, 3.8) is 0 Å². The third-order valence-electron chi connectivity index (χ3n) is 4.06. The van der Waals surface area contributed by atoms with Crippen molar-refractivity contribution < 1.29 is 22.4 Å². The minimum absolute atomic E-state index is 0.0280. The molecule has 2 aromatic rings. The lowest BCUT2D eigenvalue weighted by Gasteiger charge is -2.18. The van der Waals surface area contributed by atoms with Crippen molar-refractivity contribution in [1.29, 1.82) is 0 Å². The largest absolute Gasteiger partial charge is 0.354 e. The second kappa shape index (κ2) is 9.98. The van der Waals surface area contributed by atoms with Crippen LogP contribution in [0.1, 0.15) is 22.3 Å². The minimum Gasteiger partial charge on any atom is -0.354 e. The van der Waals surface area contributed by atoms with Gasteiger partial charge in [-0.25, -0.2) is 12.8 Å². The zero-order valence-corrected chi connectivity index (χ0v) is 16.3. The molecule has 0 aliphatic carbocycles. The number of halogens is 1. The van der Waals surface area contributed by atoms with Gasteiger partial charge in [0.25, 0.3) is 5.91 Å². The van der Waals surface area contributed by atoms with Crippen molar-refractivity contribution in [2.45, 2.75) is 18.9 Å². The summed E-state index contributed by atoms with van der Waals surface area (Å²) in [6.45, 7) is 0.279. The zero-order valence-electron chi connectivity index (χ0n) is 15.5. The predicted molar refractivity (Wildman–Crippen MR) is 105 cm³/mol. The Hall–Kier alpha value is -2.74. The summed E-state index contributed by atoms with van der Waals surface area (Å²) in [7, 11) is -3.29. The lowest BCUT2D eigenvalue weighted by molar-refractivity contribution is -0.122. The van der Waals surface area contributed by atoms with E-state index in [4.69, 9.17) is 0 Å². The van der Waals surface area contributed by atoms with Crippen LogP contribution in [0.25, 0.3) is 0 Å². The Bertz CT molecular complexity index is 900. The van der Waals surface area contributed by atoms with Gasteiger partial charge in [0.15, 0.2) is 0 Å². The Labute approximate surface area is 164 Å². The standard InChI is InChI=1S/C20H23FN2O4S/c1-28(26,27)14-12-18(23-19(24)16-5-3-2-4-6-16)20(25)22-13-11-15-7-9-17(21)10-8-15/h2-10,18H,11-14H2,1H3,(H,22,25)(H,23,24)/t18-/m1/s1. The van der Waals surface area contributed by atoms with Gasteiger partial charge in [0.1, 0.15) is 21.7 Å². The maximum atomic E-state index is 12.9. The van der Waals surface area contributed by atoms with Crippen LogP contribution in [0.5, 0.6) is 0 Å². The van der Waals surface area contributed by atoms with Crippen LogP contribution in [-0.2, 0) is 21.1 Å². The van der Waals surface area contributed by atoms with Crippen molar-refractivity contribution in [3.8, 4) is 0 Å². The van der Waals surface area contributed by atoms with Gasteiger partial charge in [-0.3, -0.25) is 9.59 Å². The minimum atomic E-state index is -3.29. The molecule has 0 spiro atoms. The first-order chi connectivity index (χ1) is 13.2. The predicted octanol–water partition coefficient (Wildman–Crippen LogP) is 1.72. The van der Waals surface area contributed by atoms with Crippen molar-refractivity contribution >= 4 is 21.7 Å². The van der Waals surface area contributed by atoms with Gasteiger partial charge in [0.05, 0.1) is 5.75 Å². The van der Waals surface area contributed by atoms with E-state index in [1.165, 1.54) is 12.1 Å². The summed E-state index contributed by atoms with van der Waals surface area (Å²) >= 11 is 0. The molecular weight excluding hydrogens is 383 g/mol. The SMILES string of the molecule is CS(=O)(=O)CC[C@@H](NC(=O)c1ccccc1)C(=O)NCCc1ccc(F)cc1. The van der Waals surface area contributed by atoms with Crippen LogP contribution in [0.3, 0.4) is 0 Å². The highest BCUT2D eigenvalue weighted by molar-refractivity contribution is 7.90. The van der Waals surface area contributed by atoms with E-state index in [1.807, 2.05) is 0 Å². The first-order valence-electron chi connectivity index (χ1n) is 8.80. The topological polar surface area (TPSA) is 92.3 Å².